The summed E-state index contributed by atoms with van der Waals surface area (Å²) in [6.07, 6.45) is 13.1. The summed E-state index contributed by atoms with van der Waals surface area (Å²) >= 11 is 0. The summed E-state index contributed by atoms with van der Waals surface area (Å²) in [5.41, 5.74) is 3.91. The molecule has 1 fully saturated rings. The third-order valence-corrected chi connectivity index (χ3v) is 4.92. The highest BCUT2D eigenvalue weighted by molar-refractivity contribution is 5.50. The number of aryl methyl sites for hydroxylation is 2. The fraction of sp³-hybridized carbons (Fsp3) is 0.588. The van der Waals surface area contributed by atoms with E-state index in [1.54, 1.807) is 6.33 Å². The van der Waals surface area contributed by atoms with Crippen molar-refractivity contribution in [3.8, 4) is 0 Å². The molecule has 0 spiro atoms. The van der Waals surface area contributed by atoms with E-state index in [4.69, 9.17) is 0 Å². The molecule has 0 bridgehead atoms. The van der Waals surface area contributed by atoms with Gasteiger partial charge in [0, 0.05) is 30.5 Å². The highest BCUT2D eigenvalue weighted by Gasteiger charge is 2.28. The molecule has 116 valence electrons. The van der Waals surface area contributed by atoms with E-state index in [2.05, 4.69) is 37.8 Å². The molecule has 1 atom stereocenters. The molecule has 1 unspecified atom stereocenters. The number of nitrogens with zero attached hydrogens (tertiary/aromatic N) is 5. The second-order valence-electron chi connectivity index (χ2n) is 6.57. The number of fused-ring (bicyclic) bond motifs is 1. The molecule has 2 aromatic rings. The first-order valence-corrected chi connectivity index (χ1v) is 8.40. The lowest BCUT2D eigenvalue weighted by Gasteiger charge is -2.21. The van der Waals surface area contributed by atoms with Crippen molar-refractivity contribution in [2.24, 2.45) is 0 Å². The Balaban J connectivity index is 1.58. The first-order valence-electron chi connectivity index (χ1n) is 8.40. The van der Waals surface area contributed by atoms with Gasteiger partial charge in [0.1, 0.15) is 12.1 Å². The smallest absolute Gasteiger partial charge is 0.135 e. The standard InChI is InChI=1S/C17H23N5/c1-13-9-20-22(10-13)14-7-8-21(11-14)17-15-5-3-2-4-6-16(15)18-12-19-17/h9-10,12,14H,2-8,11H2,1H3. The molecule has 5 heteroatoms. The van der Waals surface area contributed by atoms with Crippen LogP contribution >= 0.6 is 0 Å². The summed E-state index contributed by atoms with van der Waals surface area (Å²) < 4.78 is 2.12. The van der Waals surface area contributed by atoms with Crippen LogP contribution < -0.4 is 4.90 Å². The summed E-state index contributed by atoms with van der Waals surface area (Å²) in [6.45, 7) is 4.16. The fourth-order valence-electron chi connectivity index (χ4n) is 3.74. The summed E-state index contributed by atoms with van der Waals surface area (Å²) in [5, 5.41) is 4.49. The highest BCUT2D eigenvalue weighted by atomic mass is 15.3. The number of anilines is 1. The molecule has 0 aromatic carbocycles. The van der Waals surface area contributed by atoms with Crippen LogP contribution in [0.4, 0.5) is 5.82 Å². The van der Waals surface area contributed by atoms with Gasteiger partial charge in [0.2, 0.25) is 0 Å². The molecule has 1 saturated heterocycles. The van der Waals surface area contributed by atoms with Crippen LogP contribution in [0, 0.1) is 6.92 Å². The van der Waals surface area contributed by atoms with E-state index in [0.717, 1.165) is 32.4 Å². The van der Waals surface area contributed by atoms with Gasteiger partial charge in [0.15, 0.2) is 0 Å². The lowest BCUT2D eigenvalue weighted by atomic mass is 10.1. The first-order chi connectivity index (χ1) is 10.8. The van der Waals surface area contributed by atoms with Crippen molar-refractivity contribution in [3.63, 3.8) is 0 Å². The van der Waals surface area contributed by atoms with Crippen molar-refractivity contribution in [1.29, 1.82) is 0 Å². The maximum Gasteiger partial charge on any atom is 0.135 e. The van der Waals surface area contributed by atoms with E-state index in [1.165, 1.54) is 41.9 Å². The minimum atomic E-state index is 0.463. The molecule has 5 nitrogen and oxygen atoms in total. The zero-order valence-corrected chi connectivity index (χ0v) is 13.2. The molecular formula is C17H23N5. The van der Waals surface area contributed by atoms with Gasteiger partial charge in [-0.2, -0.15) is 5.10 Å². The number of hydrogen-bond acceptors (Lipinski definition) is 4. The minimum absolute atomic E-state index is 0.463. The molecule has 22 heavy (non-hydrogen) atoms. The van der Waals surface area contributed by atoms with E-state index in [9.17, 15) is 0 Å². The van der Waals surface area contributed by atoms with Gasteiger partial charge in [-0.3, -0.25) is 4.68 Å². The van der Waals surface area contributed by atoms with Gasteiger partial charge < -0.3 is 4.90 Å². The molecular weight excluding hydrogens is 274 g/mol. The molecule has 2 aromatic heterocycles. The fourth-order valence-corrected chi connectivity index (χ4v) is 3.74. The second kappa shape index (κ2) is 5.71. The zero-order chi connectivity index (χ0) is 14.9. The minimum Gasteiger partial charge on any atom is -0.354 e. The Hall–Kier alpha value is -1.91. The van der Waals surface area contributed by atoms with Crippen molar-refractivity contribution < 1.29 is 0 Å². The van der Waals surface area contributed by atoms with E-state index < -0.39 is 0 Å². The van der Waals surface area contributed by atoms with Gasteiger partial charge >= 0.3 is 0 Å². The van der Waals surface area contributed by atoms with Crippen LogP contribution in [0.25, 0.3) is 0 Å². The Bertz CT molecular complexity index is 663. The summed E-state index contributed by atoms with van der Waals surface area (Å²) in [4.78, 5) is 11.6. The normalized spacial score (nSPS) is 21.7. The van der Waals surface area contributed by atoms with Crippen molar-refractivity contribution in [1.82, 2.24) is 19.7 Å². The predicted octanol–water partition coefficient (Wildman–Crippen LogP) is 2.70. The molecule has 3 heterocycles. The molecule has 1 aliphatic carbocycles. The summed E-state index contributed by atoms with van der Waals surface area (Å²) in [5.74, 6) is 1.18. The summed E-state index contributed by atoms with van der Waals surface area (Å²) in [7, 11) is 0. The largest absolute Gasteiger partial charge is 0.354 e. The van der Waals surface area contributed by atoms with Gasteiger partial charge in [-0.05, 0) is 44.6 Å². The Morgan fingerprint density at radius 3 is 2.91 bits per heavy atom. The van der Waals surface area contributed by atoms with Crippen LogP contribution in [-0.4, -0.2) is 32.8 Å². The number of hydrogen-bond donors (Lipinski definition) is 0. The van der Waals surface area contributed by atoms with Gasteiger partial charge in [0.05, 0.1) is 12.2 Å². The maximum atomic E-state index is 4.63. The van der Waals surface area contributed by atoms with Crippen LogP contribution in [0.3, 0.4) is 0 Å². The van der Waals surface area contributed by atoms with Crippen LogP contribution in [0.15, 0.2) is 18.7 Å². The van der Waals surface area contributed by atoms with Gasteiger partial charge in [0.25, 0.3) is 0 Å². The van der Waals surface area contributed by atoms with Gasteiger partial charge in [-0.1, -0.05) is 6.42 Å². The van der Waals surface area contributed by atoms with Crippen molar-refractivity contribution >= 4 is 5.82 Å². The summed E-state index contributed by atoms with van der Waals surface area (Å²) in [6, 6.07) is 0.463. The topological polar surface area (TPSA) is 46.8 Å². The molecule has 4 rings (SSSR count). The maximum absolute atomic E-state index is 4.63. The van der Waals surface area contributed by atoms with E-state index in [-0.39, 0.29) is 0 Å². The lowest BCUT2D eigenvalue weighted by molar-refractivity contribution is 0.494. The van der Waals surface area contributed by atoms with Crippen LogP contribution in [0.1, 0.15) is 48.5 Å². The number of rotatable bonds is 2. The number of aromatic nitrogens is 4. The van der Waals surface area contributed by atoms with Crippen molar-refractivity contribution in [2.75, 3.05) is 18.0 Å². The molecule has 0 radical (unpaired) electrons. The van der Waals surface area contributed by atoms with Crippen LogP contribution in [0.5, 0.6) is 0 Å². The second-order valence-corrected chi connectivity index (χ2v) is 6.57. The Kier molecular flexibility index (Phi) is 3.56. The van der Waals surface area contributed by atoms with Gasteiger partial charge in [-0.25, -0.2) is 9.97 Å². The zero-order valence-electron chi connectivity index (χ0n) is 13.2. The molecule has 2 aliphatic rings. The molecule has 0 N–H and O–H groups in total. The Morgan fingerprint density at radius 2 is 2.05 bits per heavy atom. The molecule has 0 amide bonds. The van der Waals surface area contributed by atoms with Crippen molar-refractivity contribution in [2.45, 2.75) is 51.5 Å². The van der Waals surface area contributed by atoms with E-state index in [1.807, 2.05) is 6.20 Å². The third kappa shape index (κ3) is 2.49. The van der Waals surface area contributed by atoms with Gasteiger partial charge in [-0.15, -0.1) is 0 Å². The van der Waals surface area contributed by atoms with Crippen LogP contribution in [-0.2, 0) is 12.8 Å². The third-order valence-electron chi connectivity index (χ3n) is 4.92. The van der Waals surface area contributed by atoms with E-state index >= 15 is 0 Å². The highest BCUT2D eigenvalue weighted by Crippen LogP contribution is 2.31. The quantitative estimate of drug-likeness (QED) is 0.800. The van der Waals surface area contributed by atoms with Crippen molar-refractivity contribution in [3.05, 3.63) is 35.5 Å². The Labute approximate surface area is 131 Å². The monoisotopic (exact) mass is 297 g/mol. The SMILES string of the molecule is Cc1cnn(C2CCN(c3ncnc4c3CCCCC4)C2)c1. The first kappa shape index (κ1) is 13.7. The van der Waals surface area contributed by atoms with E-state index in [0.29, 0.717) is 6.04 Å². The Morgan fingerprint density at radius 1 is 1.14 bits per heavy atom. The van der Waals surface area contributed by atoms with Crippen LogP contribution in [0.2, 0.25) is 0 Å². The molecule has 0 saturated carbocycles. The average Bonchev–Trinajstić information content (AvgIpc) is 3.10. The molecule has 1 aliphatic heterocycles. The average molecular weight is 297 g/mol. The lowest BCUT2D eigenvalue weighted by Crippen LogP contribution is -2.24. The predicted molar refractivity (Wildman–Crippen MR) is 86.1 cm³/mol.